The molecule has 2 N–H and O–H groups in total. The molecular weight excluding hydrogens is 374 g/mol. The quantitative estimate of drug-likeness (QED) is 0.488. The van der Waals surface area contributed by atoms with Crippen LogP contribution in [-0.2, 0) is 4.79 Å². The molecule has 0 atom stereocenters. The number of aromatic nitrogens is 1. The summed E-state index contributed by atoms with van der Waals surface area (Å²) in [6, 6.07) is 12.9. The van der Waals surface area contributed by atoms with E-state index in [0.29, 0.717) is 21.7 Å². The standard InChI is InChI=1S/C22H22ClN3O2/c1-14-8-10-26(11-9-14)17-5-3-16(4-6-17)25-22(28)21(27)19-13-24-20-7-2-15(23)12-18(19)20/h2-7,12-14,24H,8-11H2,1H3,(H,25,28). The van der Waals surface area contributed by atoms with Crippen LogP contribution in [0.15, 0.2) is 48.7 Å². The van der Waals surface area contributed by atoms with Crippen molar-refractivity contribution in [1.82, 2.24) is 4.98 Å². The van der Waals surface area contributed by atoms with Gasteiger partial charge in [-0.1, -0.05) is 18.5 Å². The van der Waals surface area contributed by atoms with Crippen molar-refractivity contribution >= 4 is 45.6 Å². The van der Waals surface area contributed by atoms with E-state index in [1.165, 1.54) is 12.8 Å². The third kappa shape index (κ3) is 3.76. The second-order valence-electron chi connectivity index (χ2n) is 7.39. The Morgan fingerprint density at radius 1 is 1.11 bits per heavy atom. The molecule has 0 aliphatic carbocycles. The number of amides is 1. The first-order valence-electron chi connectivity index (χ1n) is 9.48. The lowest BCUT2D eigenvalue weighted by atomic mass is 9.99. The molecule has 4 rings (SSSR count). The molecular formula is C22H22ClN3O2. The largest absolute Gasteiger partial charge is 0.372 e. The molecule has 1 aromatic heterocycles. The molecule has 0 spiro atoms. The minimum absolute atomic E-state index is 0.314. The predicted molar refractivity (Wildman–Crippen MR) is 113 cm³/mol. The number of Topliss-reactive ketones (excluding diaryl/α,β-unsaturated/α-hetero) is 1. The van der Waals surface area contributed by atoms with Crippen molar-refractivity contribution in [1.29, 1.82) is 0 Å². The van der Waals surface area contributed by atoms with Crippen LogP contribution in [0, 0.1) is 5.92 Å². The summed E-state index contributed by atoms with van der Waals surface area (Å²) in [6.07, 6.45) is 3.94. The number of benzene rings is 2. The van der Waals surface area contributed by atoms with Crippen molar-refractivity contribution in [3.05, 3.63) is 59.2 Å². The van der Waals surface area contributed by atoms with Gasteiger partial charge in [-0.05, 0) is 61.2 Å². The Morgan fingerprint density at radius 2 is 1.82 bits per heavy atom. The Hall–Kier alpha value is -2.79. The predicted octanol–water partition coefficient (Wildman–Crippen LogP) is 4.88. The van der Waals surface area contributed by atoms with E-state index in [-0.39, 0.29) is 0 Å². The zero-order chi connectivity index (χ0) is 19.7. The minimum Gasteiger partial charge on any atom is -0.372 e. The summed E-state index contributed by atoms with van der Waals surface area (Å²) in [5, 5.41) is 3.85. The number of nitrogens with zero attached hydrogens (tertiary/aromatic N) is 1. The van der Waals surface area contributed by atoms with Crippen molar-refractivity contribution in [3.63, 3.8) is 0 Å². The molecule has 28 heavy (non-hydrogen) atoms. The minimum atomic E-state index is -0.666. The molecule has 1 aliphatic heterocycles. The number of hydrogen-bond donors (Lipinski definition) is 2. The molecule has 1 amide bonds. The van der Waals surface area contributed by atoms with Crippen LogP contribution in [-0.4, -0.2) is 29.8 Å². The second-order valence-corrected chi connectivity index (χ2v) is 7.83. The van der Waals surface area contributed by atoms with Crippen LogP contribution in [0.3, 0.4) is 0 Å². The zero-order valence-electron chi connectivity index (χ0n) is 15.7. The first kappa shape index (κ1) is 18.6. The maximum Gasteiger partial charge on any atom is 0.296 e. The van der Waals surface area contributed by atoms with Crippen molar-refractivity contribution in [3.8, 4) is 0 Å². The lowest BCUT2D eigenvalue weighted by Crippen LogP contribution is -2.32. The number of carbonyl (C=O) groups is 2. The van der Waals surface area contributed by atoms with Gasteiger partial charge < -0.3 is 15.2 Å². The van der Waals surface area contributed by atoms with Crippen molar-refractivity contribution in [2.75, 3.05) is 23.3 Å². The van der Waals surface area contributed by atoms with E-state index < -0.39 is 11.7 Å². The van der Waals surface area contributed by atoms with Gasteiger partial charge in [0.1, 0.15) is 0 Å². The topological polar surface area (TPSA) is 65.2 Å². The highest BCUT2D eigenvalue weighted by Gasteiger charge is 2.21. The molecule has 1 aliphatic rings. The zero-order valence-corrected chi connectivity index (χ0v) is 16.4. The van der Waals surface area contributed by atoms with Crippen LogP contribution in [0.4, 0.5) is 11.4 Å². The highest BCUT2D eigenvalue weighted by atomic mass is 35.5. The van der Waals surface area contributed by atoms with Crippen LogP contribution < -0.4 is 10.2 Å². The van der Waals surface area contributed by atoms with E-state index in [1.54, 1.807) is 24.4 Å². The molecule has 144 valence electrons. The molecule has 1 fully saturated rings. The van der Waals surface area contributed by atoms with Crippen LogP contribution in [0.1, 0.15) is 30.1 Å². The lowest BCUT2D eigenvalue weighted by Gasteiger charge is -2.32. The van der Waals surface area contributed by atoms with Gasteiger partial charge in [0.25, 0.3) is 11.7 Å². The number of carbonyl (C=O) groups excluding carboxylic acids is 2. The Balaban J connectivity index is 1.45. The SMILES string of the molecule is CC1CCN(c2ccc(NC(=O)C(=O)c3c[nH]c4ccc(Cl)cc34)cc2)CC1. The van der Waals surface area contributed by atoms with Crippen LogP contribution in [0.5, 0.6) is 0 Å². The fraction of sp³-hybridized carbons (Fsp3) is 0.273. The molecule has 0 saturated carbocycles. The first-order valence-corrected chi connectivity index (χ1v) is 9.86. The summed E-state index contributed by atoms with van der Waals surface area (Å²) in [4.78, 5) is 30.4. The molecule has 1 saturated heterocycles. The third-order valence-corrected chi connectivity index (χ3v) is 5.60. The van der Waals surface area contributed by atoms with Crippen LogP contribution in [0.25, 0.3) is 10.9 Å². The van der Waals surface area contributed by atoms with Crippen LogP contribution in [0.2, 0.25) is 5.02 Å². The fourth-order valence-corrected chi connectivity index (χ4v) is 3.79. The van der Waals surface area contributed by atoms with Crippen LogP contribution >= 0.6 is 11.6 Å². The molecule has 6 heteroatoms. The van der Waals surface area contributed by atoms with E-state index in [4.69, 9.17) is 11.6 Å². The molecule has 0 bridgehead atoms. The Bertz CT molecular complexity index is 1020. The molecule has 2 aromatic carbocycles. The van der Waals surface area contributed by atoms with Gasteiger partial charge in [-0.2, -0.15) is 0 Å². The van der Waals surface area contributed by atoms with Crippen molar-refractivity contribution in [2.45, 2.75) is 19.8 Å². The summed E-state index contributed by atoms with van der Waals surface area (Å²) in [5.74, 6) is -0.483. The van der Waals surface area contributed by atoms with Gasteiger partial charge in [0.2, 0.25) is 0 Å². The number of piperidine rings is 1. The normalized spacial score (nSPS) is 15.0. The summed E-state index contributed by atoms with van der Waals surface area (Å²) in [7, 11) is 0. The monoisotopic (exact) mass is 395 g/mol. The third-order valence-electron chi connectivity index (χ3n) is 5.37. The Morgan fingerprint density at radius 3 is 2.54 bits per heavy atom. The van der Waals surface area contributed by atoms with Gasteiger partial charge in [0.05, 0.1) is 5.56 Å². The molecule has 0 unspecified atom stereocenters. The first-order chi connectivity index (χ1) is 13.5. The van der Waals surface area contributed by atoms with E-state index in [2.05, 4.69) is 22.1 Å². The average molecular weight is 396 g/mol. The number of halogens is 1. The van der Waals surface area contributed by atoms with E-state index in [1.807, 2.05) is 24.3 Å². The lowest BCUT2D eigenvalue weighted by molar-refractivity contribution is -0.112. The van der Waals surface area contributed by atoms with E-state index >= 15 is 0 Å². The average Bonchev–Trinajstić information content (AvgIpc) is 3.11. The van der Waals surface area contributed by atoms with Crippen molar-refractivity contribution < 1.29 is 9.59 Å². The smallest absolute Gasteiger partial charge is 0.296 e. The van der Waals surface area contributed by atoms with Gasteiger partial charge in [-0.15, -0.1) is 0 Å². The molecule has 2 heterocycles. The second kappa shape index (κ2) is 7.68. The Kier molecular flexibility index (Phi) is 5.09. The number of hydrogen-bond acceptors (Lipinski definition) is 3. The highest BCUT2D eigenvalue weighted by Crippen LogP contribution is 2.25. The van der Waals surface area contributed by atoms with Gasteiger partial charge >= 0.3 is 0 Å². The van der Waals surface area contributed by atoms with Crippen molar-refractivity contribution in [2.24, 2.45) is 5.92 Å². The Labute approximate surface area is 168 Å². The number of H-pyrrole nitrogens is 1. The van der Waals surface area contributed by atoms with E-state index in [9.17, 15) is 9.59 Å². The number of aromatic amines is 1. The number of rotatable bonds is 4. The number of fused-ring (bicyclic) bond motifs is 1. The number of nitrogens with one attached hydrogen (secondary N) is 2. The summed E-state index contributed by atoms with van der Waals surface area (Å²) in [5.41, 5.74) is 2.82. The fourth-order valence-electron chi connectivity index (χ4n) is 3.61. The summed E-state index contributed by atoms with van der Waals surface area (Å²) in [6.45, 7) is 4.39. The molecule has 3 aromatic rings. The molecule has 5 nitrogen and oxygen atoms in total. The maximum absolute atomic E-state index is 12.6. The maximum atomic E-state index is 12.6. The summed E-state index contributed by atoms with van der Waals surface area (Å²) >= 11 is 6.02. The van der Waals surface area contributed by atoms with Gasteiger partial charge in [0, 0.05) is 46.6 Å². The number of ketones is 1. The van der Waals surface area contributed by atoms with Gasteiger partial charge in [-0.25, -0.2) is 0 Å². The van der Waals surface area contributed by atoms with Gasteiger partial charge in [0.15, 0.2) is 0 Å². The van der Waals surface area contributed by atoms with E-state index in [0.717, 1.165) is 30.2 Å². The molecule has 0 radical (unpaired) electrons. The highest BCUT2D eigenvalue weighted by molar-refractivity contribution is 6.48. The number of anilines is 2. The van der Waals surface area contributed by atoms with Gasteiger partial charge in [-0.3, -0.25) is 9.59 Å². The summed E-state index contributed by atoms with van der Waals surface area (Å²) < 4.78 is 0.